The van der Waals surface area contributed by atoms with Crippen molar-refractivity contribution < 1.29 is 34.1 Å². The van der Waals surface area contributed by atoms with Gasteiger partial charge >= 0.3 is 0 Å². The van der Waals surface area contributed by atoms with Gasteiger partial charge in [-0.15, -0.1) is 0 Å². The molecular weight excluding hydrogens is 428 g/mol. The number of fused-ring (bicyclic) bond motifs is 3. The highest BCUT2D eigenvalue weighted by atomic mass is 16.5. The summed E-state index contributed by atoms with van der Waals surface area (Å²) in [7, 11) is 0. The molecule has 1 unspecified atom stereocenters. The van der Waals surface area contributed by atoms with Gasteiger partial charge in [0.1, 0.15) is 34.0 Å². The van der Waals surface area contributed by atoms with E-state index < -0.39 is 28.5 Å². The molecule has 9 nitrogen and oxygen atoms in total. The molecule has 2 aliphatic heterocycles. The number of amides is 1. The minimum absolute atomic E-state index is 0.0278. The van der Waals surface area contributed by atoms with E-state index in [2.05, 4.69) is 5.32 Å². The normalized spacial score (nSPS) is 23.0. The van der Waals surface area contributed by atoms with Crippen LogP contribution in [0.25, 0.3) is 0 Å². The average Bonchev–Trinajstić information content (AvgIpc) is 3.38. The number of phenolic OH excluding ortho intramolecular Hbond substituents is 2. The van der Waals surface area contributed by atoms with E-state index in [0.29, 0.717) is 13.1 Å². The van der Waals surface area contributed by atoms with Crippen molar-refractivity contribution in [2.75, 3.05) is 19.6 Å². The molecule has 1 aromatic rings. The summed E-state index contributed by atoms with van der Waals surface area (Å²) in [6, 6.07) is 0. The van der Waals surface area contributed by atoms with E-state index in [9.17, 15) is 29.4 Å². The Labute approximate surface area is 190 Å². The molecule has 174 valence electrons. The number of ketones is 3. The Hall–Kier alpha value is -3.62. The van der Waals surface area contributed by atoms with Gasteiger partial charge in [-0.25, -0.2) is 0 Å². The number of carbonyl (C=O) groups excluding carboxylic acids is 4. The number of rotatable bonds is 4. The lowest BCUT2D eigenvalue weighted by atomic mass is 9.70. The van der Waals surface area contributed by atoms with Crippen LogP contribution in [0.4, 0.5) is 0 Å². The minimum Gasteiger partial charge on any atom is -0.507 e. The van der Waals surface area contributed by atoms with E-state index in [-0.39, 0.29) is 57.7 Å². The number of hydrogen-bond donors (Lipinski definition) is 3. The van der Waals surface area contributed by atoms with E-state index in [1.165, 1.54) is 20.8 Å². The number of likely N-dealkylation sites (tertiary alicyclic amines) is 1. The zero-order chi connectivity index (χ0) is 24.2. The molecular formula is C24H26N2O7. The van der Waals surface area contributed by atoms with E-state index in [0.717, 1.165) is 18.9 Å². The van der Waals surface area contributed by atoms with Gasteiger partial charge in [0.2, 0.25) is 5.91 Å². The first-order valence-corrected chi connectivity index (χ1v) is 10.8. The average molecular weight is 454 g/mol. The third-order valence-corrected chi connectivity index (χ3v) is 6.72. The third kappa shape index (κ3) is 3.21. The molecule has 0 saturated carbocycles. The van der Waals surface area contributed by atoms with Crippen molar-refractivity contribution >= 4 is 23.3 Å². The largest absolute Gasteiger partial charge is 0.507 e. The Morgan fingerprint density at radius 1 is 1.15 bits per heavy atom. The molecule has 1 saturated heterocycles. The van der Waals surface area contributed by atoms with Gasteiger partial charge in [0, 0.05) is 30.4 Å². The number of nitrogens with one attached hydrogen (secondary N) is 1. The molecule has 1 aromatic carbocycles. The number of phenols is 2. The second-order valence-electron chi connectivity index (χ2n) is 8.83. The number of ether oxygens (including phenoxy) is 1. The van der Waals surface area contributed by atoms with Crippen molar-refractivity contribution in [1.82, 2.24) is 10.2 Å². The molecule has 1 amide bonds. The van der Waals surface area contributed by atoms with Crippen LogP contribution in [-0.4, -0.2) is 58.0 Å². The fraction of sp³-hybridized carbons (Fsp3) is 0.417. The zero-order valence-electron chi connectivity index (χ0n) is 19.0. The minimum atomic E-state index is -1.58. The van der Waals surface area contributed by atoms with Gasteiger partial charge in [0.25, 0.3) is 0 Å². The number of nitrogens with zero attached hydrogens (tertiary/aromatic N) is 1. The number of aromatic hydroxyl groups is 2. The van der Waals surface area contributed by atoms with Gasteiger partial charge in [-0.1, -0.05) is 0 Å². The van der Waals surface area contributed by atoms with E-state index in [1.807, 2.05) is 0 Å². The zero-order valence-corrected chi connectivity index (χ0v) is 19.0. The Morgan fingerprint density at radius 2 is 1.79 bits per heavy atom. The summed E-state index contributed by atoms with van der Waals surface area (Å²) < 4.78 is 5.73. The van der Waals surface area contributed by atoms with Crippen molar-refractivity contribution in [1.29, 1.82) is 0 Å². The van der Waals surface area contributed by atoms with Gasteiger partial charge in [-0.05, 0) is 40.5 Å². The van der Waals surface area contributed by atoms with Crippen LogP contribution >= 0.6 is 0 Å². The summed E-state index contributed by atoms with van der Waals surface area (Å²) >= 11 is 0. The van der Waals surface area contributed by atoms with Gasteiger partial charge in [0.15, 0.2) is 17.3 Å². The van der Waals surface area contributed by atoms with Crippen molar-refractivity contribution in [3.63, 3.8) is 0 Å². The Balaban J connectivity index is 1.77. The molecule has 0 spiro atoms. The summed E-state index contributed by atoms with van der Waals surface area (Å²) in [4.78, 5) is 52.9. The highest BCUT2D eigenvalue weighted by molar-refractivity contribution is 6.31. The molecule has 33 heavy (non-hydrogen) atoms. The first-order valence-electron chi connectivity index (χ1n) is 10.8. The molecule has 4 rings (SSSR count). The second-order valence-corrected chi connectivity index (χ2v) is 8.83. The quantitative estimate of drug-likeness (QED) is 0.356. The first-order chi connectivity index (χ1) is 15.5. The van der Waals surface area contributed by atoms with Gasteiger partial charge in [-0.3, -0.25) is 19.2 Å². The van der Waals surface area contributed by atoms with Crippen LogP contribution in [0.3, 0.4) is 0 Å². The second kappa shape index (κ2) is 7.75. The van der Waals surface area contributed by atoms with Crippen molar-refractivity contribution in [3.05, 3.63) is 39.8 Å². The number of allylic oxidation sites excluding steroid dienone is 4. The lowest BCUT2D eigenvalue weighted by Gasteiger charge is -2.29. The van der Waals surface area contributed by atoms with E-state index in [1.54, 1.807) is 11.8 Å². The molecule has 3 aliphatic rings. The van der Waals surface area contributed by atoms with E-state index in [4.69, 9.17) is 4.74 Å². The first kappa shape index (κ1) is 22.6. The molecule has 0 aromatic heterocycles. The fourth-order valence-corrected chi connectivity index (χ4v) is 4.74. The maximum Gasteiger partial charge on any atom is 0.241 e. The molecule has 9 heteroatoms. The lowest BCUT2D eigenvalue weighted by molar-refractivity contribution is -0.129. The molecule has 0 radical (unpaired) electrons. The summed E-state index contributed by atoms with van der Waals surface area (Å²) in [6.45, 7) is 7.04. The number of benzene rings is 1. The van der Waals surface area contributed by atoms with Crippen LogP contribution in [-0.2, 0) is 19.8 Å². The fourth-order valence-electron chi connectivity index (χ4n) is 4.74. The van der Waals surface area contributed by atoms with E-state index >= 15 is 0 Å². The number of hydrogen-bond acceptors (Lipinski definition) is 8. The van der Waals surface area contributed by atoms with Crippen molar-refractivity contribution in [2.24, 2.45) is 0 Å². The Morgan fingerprint density at radius 3 is 2.39 bits per heavy atom. The lowest BCUT2D eigenvalue weighted by Crippen LogP contribution is -2.42. The van der Waals surface area contributed by atoms with Crippen molar-refractivity contribution in [3.8, 4) is 17.2 Å². The molecule has 0 bridgehead atoms. The summed E-state index contributed by atoms with van der Waals surface area (Å²) in [5.41, 5.74) is -1.58. The van der Waals surface area contributed by atoms with Crippen LogP contribution in [0.5, 0.6) is 17.2 Å². The van der Waals surface area contributed by atoms with Crippen LogP contribution in [0.2, 0.25) is 0 Å². The Bertz CT molecular complexity index is 1190. The SMILES string of the molecule is CC(=O)c1c(O)c(C)c(O)c2c1OC1=CC(=O)C(=C(C)NCC(=O)N3CCCC3)C(=O)C12C. The highest BCUT2D eigenvalue weighted by Gasteiger charge is 2.56. The third-order valence-electron chi connectivity index (χ3n) is 6.72. The van der Waals surface area contributed by atoms with Crippen molar-refractivity contribution in [2.45, 2.75) is 46.0 Å². The Kier molecular flexibility index (Phi) is 5.30. The summed E-state index contributed by atoms with van der Waals surface area (Å²) in [6.07, 6.45) is 3.06. The highest BCUT2D eigenvalue weighted by Crippen LogP contribution is 2.57. The van der Waals surface area contributed by atoms with Gasteiger partial charge in [-0.2, -0.15) is 0 Å². The smallest absolute Gasteiger partial charge is 0.241 e. The van der Waals surface area contributed by atoms with Crippen LogP contribution in [0.15, 0.2) is 23.1 Å². The topological polar surface area (TPSA) is 133 Å². The molecule has 1 atom stereocenters. The van der Waals surface area contributed by atoms with Gasteiger partial charge in [0.05, 0.1) is 17.7 Å². The molecule has 1 aliphatic carbocycles. The van der Waals surface area contributed by atoms with Crippen LogP contribution in [0.1, 0.15) is 55.1 Å². The maximum atomic E-state index is 13.7. The predicted molar refractivity (Wildman–Crippen MR) is 117 cm³/mol. The van der Waals surface area contributed by atoms with Crippen LogP contribution < -0.4 is 10.1 Å². The maximum absolute atomic E-state index is 13.7. The van der Waals surface area contributed by atoms with Crippen LogP contribution in [0, 0.1) is 6.92 Å². The molecule has 2 heterocycles. The predicted octanol–water partition coefficient (Wildman–Crippen LogP) is 1.78. The van der Waals surface area contributed by atoms with Gasteiger partial charge < -0.3 is 25.2 Å². The number of Topliss-reactive ketones (excluding diaryl/α,β-unsaturated/α-hetero) is 2. The summed E-state index contributed by atoms with van der Waals surface area (Å²) in [5.74, 6) is -2.84. The number of carbonyl (C=O) groups is 4. The molecule has 3 N–H and O–H groups in total. The summed E-state index contributed by atoms with van der Waals surface area (Å²) in [5, 5.41) is 24.1. The molecule has 1 fully saturated rings. The monoisotopic (exact) mass is 454 g/mol. The standard InChI is InChI=1S/C24H26N2O7/c1-11-20(30)18(13(3)27)22-19(21(11)31)24(4)15(33-22)9-14(28)17(23(24)32)12(2)25-10-16(29)26-7-5-6-8-26/h9,25,30-31H,5-8,10H2,1-4H3.